The van der Waals surface area contributed by atoms with Crippen molar-refractivity contribution in [3.05, 3.63) is 58.9 Å². The van der Waals surface area contributed by atoms with Gasteiger partial charge in [-0.25, -0.2) is 14.2 Å². The second-order valence-electron chi connectivity index (χ2n) is 5.99. The highest BCUT2D eigenvalue weighted by molar-refractivity contribution is 5.72. The average Bonchev–Trinajstić information content (AvgIpc) is 2.54. The highest BCUT2D eigenvalue weighted by Crippen LogP contribution is 2.28. The van der Waals surface area contributed by atoms with Crippen LogP contribution >= 0.6 is 0 Å². The van der Waals surface area contributed by atoms with Crippen LogP contribution in [0.4, 0.5) is 14.9 Å². The van der Waals surface area contributed by atoms with E-state index in [0.717, 1.165) is 16.8 Å². The molecule has 132 valence electrons. The van der Waals surface area contributed by atoms with Crippen molar-refractivity contribution < 1.29 is 13.9 Å². The van der Waals surface area contributed by atoms with Crippen LogP contribution in [0.3, 0.4) is 0 Å². The first kappa shape index (κ1) is 18.4. The molecule has 25 heavy (non-hydrogen) atoms. The standard InChI is InChI=1S/C19H22FN3O2/c1-13-9-18(14(2)8-17(13)22-12-23(3)4)25-19(24)21-11-15-6-5-7-16(20)10-15/h5-10,12H,11H2,1-4H3,(H,21,24). The Morgan fingerprint density at radius 3 is 2.68 bits per heavy atom. The zero-order chi connectivity index (χ0) is 18.4. The van der Waals surface area contributed by atoms with E-state index in [4.69, 9.17) is 4.74 Å². The van der Waals surface area contributed by atoms with Gasteiger partial charge < -0.3 is 15.0 Å². The average molecular weight is 343 g/mol. The molecule has 0 fully saturated rings. The molecule has 1 amide bonds. The summed E-state index contributed by atoms with van der Waals surface area (Å²) in [6.45, 7) is 3.95. The molecule has 1 N–H and O–H groups in total. The molecule has 2 aromatic carbocycles. The molecule has 2 rings (SSSR count). The number of benzene rings is 2. The van der Waals surface area contributed by atoms with Crippen molar-refractivity contribution in [1.82, 2.24) is 10.2 Å². The normalized spacial score (nSPS) is 10.8. The van der Waals surface area contributed by atoms with E-state index in [1.54, 1.807) is 24.5 Å². The molecule has 0 saturated carbocycles. The molecular formula is C19H22FN3O2. The van der Waals surface area contributed by atoms with E-state index in [1.807, 2.05) is 38.9 Å². The minimum atomic E-state index is -0.587. The Bertz CT molecular complexity index is 788. The SMILES string of the molecule is Cc1cc(OC(=O)NCc2cccc(F)c2)c(C)cc1N=CN(C)C. The number of ether oxygens (including phenoxy) is 1. The predicted molar refractivity (Wildman–Crippen MR) is 97.0 cm³/mol. The number of nitrogens with zero attached hydrogens (tertiary/aromatic N) is 2. The van der Waals surface area contributed by atoms with Crippen LogP contribution in [0.15, 0.2) is 41.4 Å². The van der Waals surface area contributed by atoms with Gasteiger partial charge in [-0.05, 0) is 54.8 Å². The first-order valence-electron chi connectivity index (χ1n) is 7.87. The van der Waals surface area contributed by atoms with Crippen LogP contribution in [0.5, 0.6) is 5.75 Å². The summed E-state index contributed by atoms with van der Waals surface area (Å²) in [5.74, 6) is 0.131. The zero-order valence-corrected chi connectivity index (χ0v) is 14.8. The molecule has 0 aliphatic heterocycles. The number of hydrogen-bond acceptors (Lipinski definition) is 3. The molecule has 5 nitrogen and oxygen atoms in total. The molecule has 6 heteroatoms. The number of nitrogens with one attached hydrogen (secondary N) is 1. The van der Waals surface area contributed by atoms with E-state index in [1.165, 1.54) is 12.1 Å². The maximum absolute atomic E-state index is 13.1. The monoisotopic (exact) mass is 343 g/mol. The molecule has 0 unspecified atom stereocenters. The number of aliphatic imine (C=N–C) groups is 1. The fourth-order valence-electron chi connectivity index (χ4n) is 2.16. The molecule has 0 aliphatic rings. The number of hydrogen-bond donors (Lipinski definition) is 1. The second kappa shape index (κ2) is 8.28. The quantitative estimate of drug-likeness (QED) is 0.660. The molecule has 0 aliphatic carbocycles. The molecular weight excluding hydrogens is 321 g/mol. The largest absolute Gasteiger partial charge is 0.412 e. The molecule has 0 spiro atoms. The van der Waals surface area contributed by atoms with Crippen molar-refractivity contribution in [2.45, 2.75) is 20.4 Å². The number of carbonyl (C=O) groups excluding carboxylic acids is 1. The Kier molecular flexibility index (Phi) is 6.11. The summed E-state index contributed by atoms with van der Waals surface area (Å²) in [5, 5.41) is 2.61. The van der Waals surface area contributed by atoms with Gasteiger partial charge in [-0.3, -0.25) is 0 Å². The molecule has 0 saturated heterocycles. The Balaban J connectivity index is 2.02. The third kappa shape index (κ3) is 5.60. The van der Waals surface area contributed by atoms with E-state index in [0.29, 0.717) is 11.3 Å². The van der Waals surface area contributed by atoms with E-state index in [2.05, 4.69) is 10.3 Å². The Hall–Kier alpha value is -2.89. The Morgan fingerprint density at radius 2 is 2.00 bits per heavy atom. The Labute approximate surface area is 147 Å². The van der Waals surface area contributed by atoms with Crippen molar-refractivity contribution in [3.8, 4) is 5.75 Å². The fourth-order valence-corrected chi connectivity index (χ4v) is 2.16. The van der Waals surface area contributed by atoms with Crippen molar-refractivity contribution in [2.24, 2.45) is 4.99 Å². The lowest BCUT2D eigenvalue weighted by Crippen LogP contribution is -2.26. The van der Waals surface area contributed by atoms with Crippen molar-refractivity contribution in [1.29, 1.82) is 0 Å². The van der Waals surface area contributed by atoms with Crippen LogP contribution in [-0.4, -0.2) is 31.4 Å². The van der Waals surface area contributed by atoms with E-state index in [-0.39, 0.29) is 12.4 Å². The van der Waals surface area contributed by atoms with Gasteiger partial charge in [0.25, 0.3) is 0 Å². The van der Waals surface area contributed by atoms with E-state index < -0.39 is 6.09 Å². The number of rotatable bonds is 5. The molecule has 2 aromatic rings. The number of halogens is 1. The van der Waals surface area contributed by atoms with Crippen LogP contribution in [0.1, 0.15) is 16.7 Å². The highest BCUT2D eigenvalue weighted by atomic mass is 19.1. The van der Waals surface area contributed by atoms with Gasteiger partial charge in [-0.15, -0.1) is 0 Å². The number of aryl methyl sites for hydroxylation is 2. The fraction of sp³-hybridized carbons (Fsp3) is 0.263. The maximum atomic E-state index is 13.1. The first-order valence-corrected chi connectivity index (χ1v) is 7.87. The van der Waals surface area contributed by atoms with Crippen LogP contribution in [0.25, 0.3) is 0 Å². The van der Waals surface area contributed by atoms with Gasteiger partial charge in [0.15, 0.2) is 0 Å². The van der Waals surface area contributed by atoms with Crippen molar-refractivity contribution in [3.63, 3.8) is 0 Å². The predicted octanol–water partition coefficient (Wildman–Crippen LogP) is 3.95. The lowest BCUT2D eigenvalue weighted by atomic mass is 10.1. The third-order valence-electron chi connectivity index (χ3n) is 3.45. The van der Waals surface area contributed by atoms with Gasteiger partial charge in [0.2, 0.25) is 0 Å². The number of amides is 1. The third-order valence-corrected chi connectivity index (χ3v) is 3.45. The van der Waals surface area contributed by atoms with Crippen molar-refractivity contribution >= 4 is 18.1 Å². The van der Waals surface area contributed by atoms with Crippen LogP contribution in [0.2, 0.25) is 0 Å². The summed E-state index contributed by atoms with van der Waals surface area (Å²) in [5.41, 5.74) is 3.19. The van der Waals surface area contributed by atoms with Crippen LogP contribution in [-0.2, 0) is 6.54 Å². The van der Waals surface area contributed by atoms with Gasteiger partial charge in [-0.1, -0.05) is 12.1 Å². The first-order chi connectivity index (χ1) is 11.8. The molecule has 0 aromatic heterocycles. The van der Waals surface area contributed by atoms with E-state index >= 15 is 0 Å². The van der Waals surface area contributed by atoms with Gasteiger partial charge in [0.1, 0.15) is 11.6 Å². The molecule has 0 heterocycles. The van der Waals surface area contributed by atoms with Crippen LogP contribution < -0.4 is 10.1 Å². The second-order valence-corrected chi connectivity index (χ2v) is 5.99. The van der Waals surface area contributed by atoms with Gasteiger partial charge >= 0.3 is 6.09 Å². The molecule has 0 radical (unpaired) electrons. The summed E-state index contributed by atoms with van der Waals surface area (Å²) in [7, 11) is 3.79. The number of carbonyl (C=O) groups is 1. The highest BCUT2D eigenvalue weighted by Gasteiger charge is 2.10. The van der Waals surface area contributed by atoms with Crippen molar-refractivity contribution in [2.75, 3.05) is 14.1 Å². The summed E-state index contributed by atoms with van der Waals surface area (Å²) in [6, 6.07) is 9.69. The Morgan fingerprint density at radius 1 is 1.24 bits per heavy atom. The van der Waals surface area contributed by atoms with Gasteiger partial charge in [-0.2, -0.15) is 0 Å². The molecule has 0 bridgehead atoms. The summed E-state index contributed by atoms with van der Waals surface area (Å²) < 4.78 is 18.5. The molecule has 0 atom stereocenters. The minimum absolute atomic E-state index is 0.194. The maximum Gasteiger partial charge on any atom is 0.412 e. The summed E-state index contributed by atoms with van der Waals surface area (Å²) >= 11 is 0. The van der Waals surface area contributed by atoms with Gasteiger partial charge in [0.05, 0.1) is 12.0 Å². The van der Waals surface area contributed by atoms with Gasteiger partial charge in [0, 0.05) is 20.6 Å². The lowest BCUT2D eigenvalue weighted by molar-refractivity contribution is 0.199. The zero-order valence-electron chi connectivity index (χ0n) is 14.8. The summed E-state index contributed by atoms with van der Waals surface area (Å²) in [6.07, 6.45) is 1.13. The lowest BCUT2D eigenvalue weighted by Gasteiger charge is -2.12. The summed E-state index contributed by atoms with van der Waals surface area (Å²) in [4.78, 5) is 18.2. The van der Waals surface area contributed by atoms with E-state index in [9.17, 15) is 9.18 Å². The topological polar surface area (TPSA) is 53.9 Å². The smallest absolute Gasteiger partial charge is 0.410 e. The van der Waals surface area contributed by atoms with Crippen LogP contribution in [0, 0.1) is 19.7 Å². The minimum Gasteiger partial charge on any atom is -0.410 e.